The van der Waals surface area contributed by atoms with Crippen molar-refractivity contribution in [3.05, 3.63) is 35.6 Å². The maximum atomic E-state index is 12.1. The smallest absolute Gasteiger partial charge is 0.287 e. The van der Waals surface area contributed by atoms with Crippen molar-refractivity contribution in [3.8, 4) is 0 Å². The molecule has 18 heavy (non-hydrogen) atoms. The lowest BCUT2D eigenvalue weighted by molar-refractivity contribution is 0.0907. The van der Waals surface area contributed by atoms with Gasteiger partial charge >= 0.3 is 0 Å². The van der Waals surface area contributed by atoms with Gasteiger partial charge in [0.05, 0.1) is 5.54 Å². The highest BCUT2D eigenvalue weighted by Gasteiger charge is 2.43. The number of carbonyl (C=O) groups excluding carboxylic acids is 1. The maximum absolute atomic E-state index is 12.1. The van der Waals surface area contributed by atoms with Crippen LogP contribution in [0, 0.1) is 6.92 Å². The Morgan fingerprint density at radius 3 is 2.89 bits per heavy atom. The van der Waals surface area contributed by atoms with Crippen molar-refractivity contribution in [1.29, 1.82) is 0 Å². The summed E-state index contributed by atoms with van der Waals surface area (Å²) in [6.07, 6.45) is 1.91. The first-order valence-corrected chi connectivity index (χ1v) is 6.15. The van der Waals surface area contributed by atoms with Gasteiger partial charge in [-0.3, -0.25) is 4.79 Å². The zero-order chi connectivity index (χ0) is 12.8. The van der Waals surface area contributed by atoms with E-state index in [9.17, 15) is 4.79 Å². The molecular formula is C14H16N2O2. The molecule has 0 radical (unpaired) electrons. The van der Waals surface area contributed by atoms with E-state index in [1.54, 1.807) is 6.07 Å². The highest BCUT2D eigenvalue weighted by Crippen LogP contribution is 2.34. The molecule has 1 heterocycles. The molecule has 0 aliphatic heterocycles. The Kier molecular flexibility index (Phi) is 2.41. The number of nitrogens with one attached hydrogen (secondary N) is 1. The molecule has 0 unspecified atom stereocenters. The topological polar surface area (TPSA) is 68.3 Å². The minimum atomic E-state index is -0.189. The summed E-state index contributed by atoms with van der Waals surface area (Å²) < 4.78 is 5.55. The third kappa shape index (κ3) is 1.88. The van der Waals surface area contributed by atoms with Crippen LogP contribution in [-0.4, -0.2) is 18.0 Å². The SMILES string of the molecule is Cc1ccc2oc(C(=O)NC3(CN)CC3)cc2c1. The number of furan rings is 1. The van der Waals surface area contributed by atoms with Crippen LogP contribution in [-0.2, 0) is 0 Å². The summed E-state index contributed by atoms with van der Waals surface area (Å²) in [5.41, 5.74) is 7.34. The van der Waals surface area contributed by atoms with Crippen molar-refractivity contribution in [2.75, 3.05) is 6.54 Å². The van der Waals surface area contributed by atoms with E-state index < -0.39 is 0 Å². The molecule has 3 N–H and O–H groups in total. The lowest BCUT2D eigenvalue weighted by Gasteiger charge is -2.13. The summed E-state index contributed by atoms with van der Waals surface area (Å²) in [4.78, 5) is 12.1. The quantitative estimate of drug-likeness (QED) is 0.867. The van der Waals surface area contributed by atoms with E-state index in [4.69, 9.17) is 10.2 Å². The normalized spacial score (nSPS) is 16.8. The Bertz CT molecular complexity index is 611. The Morgan fingerprint density at radius 2 is 2.22 bits per heavy atom. The number of aryl methyl sites for hydroxylation is 1. The van der Waals surface area contributed by atoms with E-state index in [0.29, 0.717) is 12.3 Å². The number of amides is 1. The number of hydrogen-bond donors (Lipinski definition) is 2. The third-order valence-corrected chi connectivity index (χ3v) is 3.52. The van der Waals surface area contributed by atoms with Gasteiger partial charge in [0.2, 0.25) is 0 Å². The van der Waals surface area contributed by atoms with Crippen molar-refractivity contribution in [2.24, 2.45) is 5.73 Å². The number of hydrogen-bond acceptors (Lipinski definition) is 3. The van der Waals surface area contributed by atoms with Gasteiger partial charge in [0, 0.05) is 11.9 Å². The first kappa shape index (κ1) is 11.3. The Balaban J connectivity index is 1.87. The first-order chi connectivity index (χ1) is 8.62. The molecule has 1 amide bonds. The van der Waals surface area contributed by atoms with Crippen molar-refractivity contribution < 1.29 is 9.21 Å². The number of benzene rings is 1. The van der Waals surface area contributed by atoms with Gasteiger partial charge in [-0.15, -0.1) is 0 Å². The van der Waals surface area contributed by atoms with Crippen molar-refractivity contribution in [2.45, 2.75) is 25.3 Å². The van der Waals surface area contributed by atoms with Crippen LogP contribution >= 0.6 is 0 Å². The van der Waals surface area contributed by atoms with Crippen LogP contribution in [0.1, 0.15) is 29.0 Å². The number of nitrogens with two attached hydrogens (primary N) is 1. The monoisotopic (exact) mass is 244 g/mol. The highest BCUT2D eigenvalue weighted by atomic mass is 16.3. The largest absolute Gasteiger partial charge is 0.451 e. The average Bonchev–Trinajstić information content (AvgIpc) is 2.99. The maximum Gasteiger partial charge on any atom is 0.287 e. The summed E-state index contributed by atoms with van der Waals surface area (Å²) in [5.74, 6) is 0.183. The number of rotatable bonds is 3. The zero-order valence-corrected chi connectivity index (χ0v) is 10.3. The van der Waals surface area contributed by atoms with Crippen LogP contribution in [0.25, 0.3) is 11.0 Å². The van der Waals surface area contributed by atoms with Gasteiger partial charge in [-0.25, -0.2) is 0 Å². The molecule has 0 spiro atoms. The van der Waals surface area contributed by atoms with Crippen LogP contribution in [0.15, 0.2) is 28.7 Å². The molecule has 4 nitrogen and oxygen atoms in total. The van der Waals surface area contributed by atoms with Crippen molar-refractivity contribution >= 4 is 16.9 Å². The fraction of sp³-hybridized carbons (Fsp3) is 0.357. The van der Waals surface area contributed by atoms with E-state index in [1.807, 2.05) is 25.1 Å². The van der Waals surface area contributed by atoms with Crippen LogP contribution < -0.4 is 11.1 Å². The third-order valence-electron chi connectivity index (χ3n) is 3.52. The first-order valence-electron chi connectivity index (χ1n) is 6.15. The zero-order valence-electron chi connectivity index (χ0n) is 10.3. The number of carbonyl (C=O) groups is 1. The second-order valence-electron chi connectivity index (χ2n) is 5.09. The van der Waals surface area contributed by atoms with E-state index in [-0.39, 0.29) is 11.4 Å². The summed E-state index contributed by atoms with van der Waals surface area (Å²) in [5, 5.41) is 3.91. The molecule has 1 aliphatic rings. The fourth-order valence-electron chi connectivity index (χ4n) is 2.11. The van der Waals surface area contributed by atoms with Gasteiger partial charge < -0.3 is 15.5 Å². The van der Waals surface area contributed by atoms with E-state index in [1.165, 1.54) is 0 Å². The molecular weight excluding hydrogens is 228 g/mol. The van der Waals surface area contributed by atoms with E-state index in [2.05, 4.69) is 5.32 Å². The molecule has 4 heteroatoms. The molecule has 3 rings (SSSR count). The molecule has 1 aromatic heterocycles. The minimum Gasteiger partial charge on any atom is -0.451 e. The summed E-state index contributed by atoms with van der Waals surface area (Å²) in [6, 6.07) is 7.64. The molecule has 0 atom stereocenters. The second kappa shape index (κ2) is 3.85. The minimum absolute atomic E-state index is 0.174. The summed E-state index contributed by atoms with van der Waals surface area (Å²) in [7, 11) is 0. The molecule has 1 fully saturated rings. The van der Waals surface area contributed by atoms with Gasteiger partial charge in [-0.2, -0.15) is 0 Å². The van der Waals surface area contributed by atoms with Gasteiger partial charge in [0.15, 0.2) is 5.76 Å². The molecule has 1 saturated carbocycles. The highest BCUT2D eigenvalue weighted by molar-refractivity contribution is 5.96. The van der Waals surface area contributed by atoms with Gasteiger partial charge in [0.25, 0.3) is 5.91 Å². The molecule has 0 bridgehead atoms. The number of fused-ring (bicyclic) bond motifs is 1. The van der Waals surface area contributed by atoms with Gasteiger partial charge in [-0.1, -0.05) is 11.6 Å². The molecule has 0 saturated heterocycles. The van der Waals surface area contributed by atoms with Crippen molar-refractivity contribution in [3.63, 3.8) is 0 Å². The van der Waals surface area contributed by atoms with E-state index in [0.717, 1.165) is 29.4 Å². The standard InChI is InChI=1S/C14H16N2O2/c1-9-2-3-11-10(6-9)7-12(18-11)13(17)16-14(8-15)4-5-14/h2-3,6-7H,4-5,8,15H2,1H3,(H,16,17). The van der Waals surface area contributed by atoms with Gasteiger partial charge in [-0.05, 0) is 38.0 Å². The average molecular weight is 244 g/mol. The van der Waals surface area contributed by atoms with Crippen LogP contribution in [0.5, 0.6) is 0 Å². The molecule has 1 aromatic carbocycles. The van der Waals surface area contributed by atoms with Crippen LogP contribution in [0.2, 0.25) is 0 Å². The van der Waals surface area contributed by atoms with Crippen LogP contribution in [0.3, 0.4) is 0 Å². The van der Waals surface area contributed by atoms with Gasteiger partial charge in [0.1, 0.15) is 5.58 Å². The van der Waals surface area contributed by atoms with E-state index >= 15 is 0 Å². The molecule has 94 valence electrons. The molecule has 2 aromatic rings. The summed E-state index contributed by atoms with van der Waals surface area (Å²) >= 11 is 0. The lowest BCUT2D eigenvalue weighted by Crippen LogP contribution is -2.42. The predicted octanol–water partition coefficient (Wildman–Crippen LogP) is 1.96. The Morgan fingerprint density at radius 1 is 1.44 bits per heavy atom. The fourth-order valence-corrected chi connectivity index (χ4v) is 2.11. The van der Waals surface area contributed by atoms with Crippen molar-refractivity contribution in [1.82, 2.24) is 5.32 Å². The Labute approximate surface area is 105 Å². The lowest BCUT2D eigenvalue weighted by atomic mass is 10.2. The summed E-state index contributed by atoms with van der Waals surface area (Å²) in [6.45, 7) is 2.50. The predicted molar refractivity (Wildman–Crippen MR) is 69.4 cm³/mol. The molecule has 1 aliphatic carbocycles. The van der Waals surface area contributed by atoms with Crippen LogP contribution in [0.4, 0.5) is 0 Å². The second-order valence-corrected chi connectivity index (χ2v) is 5.09. The Hall–Kier alpha value is -1.81.